The van der Waals surface area contributed by atoms with Gasteiger partial charge in [0, 0.05) is 0 Å². The summed E-state index contributed by atoms with van der Waals surface area (Å²) in [7, 11) is 0. The first-order valence-electron chi connectivity index (χ1n) is 1.63. The number of carbonyl (C=O) groups excluding carboxylic acids is 1. The van der Waals surface area contributed by atoms with E-state index in [9.17, 15) is 0 Å². The van der Waals surface area contributed by atoms with E-state index in [1.54, 1.807) is 11.8 Å². The molecule has 0 aromatic heterocycles. The summed E-state index contributed by atoms with van der Waals surface area (Å²) in [5, 5.41) is 0. The van der Waals surface area contributed by atoms with Gasteiger partial charge in [0.25, 0.3) is 0 Å². The van der Waals surface area contributed by atoms with E-state index in [1.165, 1.54) is 6.92 Å². The maximum Gasteiger partial charge on any atom is 0.116 e. The first-order valence-corrected chi connectivity index (χ1v) is 3.26. The van der Waals surface area contributed by atoms with Crippen LogP contribution in [0.4, 0.5) is 0 Å². The van der Waals surface area contributed by atoms with Crippen molar-refractivity contribution in [2.75, 3.05) is 12.5 Å². The Morgan fingerprint density at radius 1 is 1.50 bits per heavy atom. The monoisotopic (exact) mass is 106 g/mol. The molecule has 0 radical (unpaired) electrons. The van der Waals surface area contributed by atoms with Crippen molar-refractivity contribution in [1.29, 1.82) is 0 Å². The second kappa shape index (κ2) is 19.9. The van der Waals surface area contributed by atoms with Gasteiger partial charge in [0.2, 0.25) is 0 Å². The third-order valence-electron chi connectivity index (χ3n) is 0. The molecule has 6 heavy (non-hydrogen) atoms. The highest BCUT2D eigenvalue weighted by molar-refractivity contribution is 7.97. The van der Waals surface area contributed by atoms with Gasteiger partial charge in [0.1, 0.15) is 6.29 Å². The van der Waals surface area contributed by atoms with E-state index in [1.807, 2.05) is 12.5 Å². The van der Waals surface area contributed by atoms with Crippen molar-refractivity contribution in [1.82, 2.24) is 0 Å². The Bertz CT molecular complexity index is 21.5. The van der Waals surface area contributed by atoms with Crippen molar-refractivity contribution in [2.24, 2.45) is 0 Å². The molecule has 0 spiro atoms. The molecule has 0 rings (SSSR count). The van der Waals surface area contributed by atoms with Crippen molar-refractivity contribution >= 4 is 18.0 Å². The van der Waals surface area contributed by atoms with Crippen molar-refractivity contribution in [3.05, 3.63) is 0 Å². The van der Waals surface area contributed by atoms with E-state index < -0.39 is 0 Å². The molecule has 0 N–H and O–H groups in total. The molecule has 0 atom stereocenters. The van der Waals surface area contributed by atoms with E-state index in [-0.39, 0.29) is 0 Å². The zero-order valence-electron chi connectivity index (χ0n) is 4.39. The molecule has 2 heteroatoms. The minimum absolute atomic E-state index is 0.750. The van der Waals surface area contributed by atoms with E-state index in [2.05, 4.69) is 0 Å². The van der Waals surface area contributed by atoms with Crippen LogP contribution in [0, 0.1) is 0 Å². The van der Waals surface area contributed by atoms with E-state index in [0.717, 1.165) is 6.29 Å². The summed E-state index contributed by atoms with van der Waals surface area (Å²) in [6.45, 7) is 1.44. The molecule has 0 aromatic rings. The van der Waals surface area contributed by atoms with Crippen LogP contribution in [-0.2, 0) is 4.79 Å². The van der Waals surface area contributed by atoms with Crippen molar-refractivity contribution < 1.29 is 4.79 Å². The molecule has 38 valence electrons. The van der Waals surface area contributed by atoms with E-state index in [4.69, 9.17) is 4.79 Å². The fraction of sp³-hybridized carbons (Fsp3) is 0.750. The molecule has 0 fully saturated rings. The van der Waals surface area contributed by atoms with Crippen LogP contribution < -0.4 is 0 Å². The maximum atomic E-state index is 8.81. The van der Waals surface area contributed by atoms with Crippen molar-refractivity contribution in [3.63, 3.8) is 0 Å². The van der Waals surface area contributed by atoms with Gasteiger partial charge >= 0.3 is 0 Å². The SMILES string of the molecule is CC=O.CSC. The summed E-state index contributed by atoms with van der Waals surface area (Å²) in [6.07, 6.45) is 4.83. The molecule has 1 nitrogen and oxygen atoms in total. The summed E-state index contributed by atoms with van der Waals surface area (Å²) in [5.41, 5.74) is 0. The number of hydrogen-bond donors (Lipinski definition) is 0. The van der Waals surface area contributed by atoms with Gasteiger partial charge in [0.05, 0.1) is 0 Å². The number of hydrogen-bond acceptors (Lipinski definition) is 2. The van der Waals surface area contributed by atoms with Crippen molar-refractivity contribution in [3.8, 4) is 0 Å². The van der Waals surface area contributed by atoms with Gasteiger partial charge < -0.3 is 4.79 Å². The third-order valence-corrected chi connectivity index (χ3v) is 0. The zero-order chi connectivity index (χ0) is 5.41. The normalized spacial score (nSPS) is 5.17. The Hall–Kier alpha value is 0.0200. The molecule has 0 heterocycles. The van der Waals surface area contributed by atoms with Gasteiger partial charge in [-0.3, -0.25) is 0 Å². The Morgan fingerprint density at radius 3 is 1.50 bits per heavy atom. The molecule has 0 saturated carbocycles. The summed E-state index contributed by atoms with van der Waals surface area (Å²) >= 11 is 1.75. The smallest absolute Gasteiger partial charge is 0.116 e. The van der Waals surface area contributed by atoms with Crippen molar-refractivity contribution in [2.45, 2.75) is 6.92 Å². The zero-order valence-corrected chi connectivity index (χ0v) is 5.21. The van der Waals surface area contributed by atoms with Gasteiger partial charge in [0.15, 0.2) is 0 Å². The lowest BCUT2D eigenvalue weighted by Gasteiger charge is -1.51. The Morgan fingerprint density at radius 2 is 1.50 bits per heavy atom. The molecular weight excluding hydrogens is 96.1 g/mol. The largest absolute Gasteiger partial charge is 0.304 e. The molecule has 0 unspecified atom stereocenters. The molecule has 0 bridgehead atoms. The standard InChI is InChI=1S/C2H4O.C2H6S/c1-2-3;1-3-2/h2H,1H3;1-2H3. The first-order chi connectivity index (χ1) is 2.83. The molecule has 0 aliphatic heterocycles. The average molecular weight is 106 g/mol. The minimum Gasteiger partial charge on any atom is -0.304 e. The molecule has 0 saturated heterocycles. The molecular formula is C4H10OS. The topological polar surface area (TPSA) is 17.1 Å². The Kier molecular flexibility index (Phi) is 31.1. The van der Waals surface area contributed by atoms with Crippen LogP contribution in [0.1, 0.15) is 6.92 Å². The van der Waals surface area contributed by atoms with Crippen LogP contribution in [0.25, 0.3) is 0 Å². The van der Waals surface area contributed by atoms with E-state index >= 15 is 0 Å². The van der Waals surface area contributed by atoms with Crippen LogP contribution in [0.3, 0.4) is 0 Å². The number of carbonyl (C=O) groups is 1. The highest BCUT2D eigenvalue weighted by Crippen LogP contribution is 1.70. The summed E-state index contributed by atoms with van der Waals surface area (Å²) < 4.78 is 0. The Balaban J connectivity index is 0. The first kappa shape index (κ1) is 9.39. The fourth-order valence-corrected chi connectivity index (χ4v) is 0. The molecule has 0 aliphatic rings. The van der Waals surface area contributed by atoms with Gasteiger partial charge in [-0.2, -0.15) is 11.8 Å². The quantitative estimate of drug-likeness (QED) is 0.431. The van der Waals surface area contributed by atoms with Crippen LogP contribution in [0.15, 0.2) is 0 Å². The lowest BCUT2D eigenvalue weighted by atomic mass is 11.0. The molecule has 0 amide bonds. The van der Waals surface area contributed by atoms with Crippen LogP contribution in [0.2, 0.25) is 0 Å². The number of thioether (sulfide) groups is 1. The minimum atomic E-state index is 0.750. The summed E-state index contributed by atoms with van der Waals surface area (Å²) in [5.74, 6) is 0. The maximum absolute atomic E-state index is 8.81. The van der Waals surface area contributed by atoms with E-state index in [0.29, 0.717) is 0 Å². The second-order valence-corrected chi connectivity index (χ2v) is 1.46. The van der Waals surface area contributed by atoms with Crippen LogP contribution in [0.5, 0.6) is 0 Å². The number of aldehydes is 1. The van der Waals surface area contributed by atoms with Gasteiger partial charge in [-0.25, -0.2) is 0 Å². The number of rotatable bonds is 0. The lowest BCUT2D eigenvalue weighted by molar-refractivity contribution is -0.106. The highest BCUT2D eigenvalue weighted by atomic mass is 32.2. The predicted molar refractivity (Wildman–Crippen MR) is 31.2 cm³/mol. The van der Waals surface area contributed by atoms with Gasteiger partial charge in [-0.05, 0) is 19.4 Å². The average Bonchev–Trinajstić information content (AvgIpc) is 1.39. The van der Waals surface area contributed by atoms with Gasteiger partial charge in [-0.15, -0.1) is 0 Å². The Labute approximate surface area is 43.1 Å². The van der Waals surface area contributed by atoms with Gasteiger partial charge in [-0.1, -0.05) is 0 Å². The third kappa shape index (κ3) is 91700. The van der Waals surface area contributed by atoms with Crippen LogP contribution >= 0.6 is 11.8 Å². The highest BCUT2D eigenvalue weighted by Gasteiger charge is 1.32. The fourth-order valence-electron chi connectivity index (χ4n) is 0. The second-order valence-electron chi connectivity index (χ2n) is 0.644. The van der Waals surface area contributed by atoms with Crippen LogP contribution in [-0.4, -0.2) is 18.8 Å². The summed E-state index contributed by atoms with van der Waals surface area (Å²) in [6, 6.07) is 0. The lowest BCUT2D eigenvalue weighted by Crippen LogP contribution is -1.36. The molecule has 0 aliphatic carbocycles. The predicted octanol–water partition coefficient (Wildman–Crippen LogP) is 1.18. The summed E-state index contributed by atoms with van der Waals surface area (Å²) in [4.78, 5) is 8.81. The molecule has 0 aromatic carbocycles.